The molecule has 128 valence electrons. The summed E-state index contributed by atoms with van der Waals surface area (Å²) >= 11 is 5.96. The third kappa shape index (κ3) is 4.00. The van der Waals surface area contributed by atoms with Gasteiger partial charge in [-0.1, -0.05) is 11.6 Å². The van der Waals surface area contributed by atoms with E-state index >= 15 is 0 Å². The topological polar surface area (TPSA) is 78.5 Å². The molecule has 1 aliphatic rings. The zero-order valence-electron chi connectivity index (χ0n) is 12.9. The zero-order valence-corrected chi connectivity index (χ0v) is 14.5. The number of hydrogen-bond donors (Lipinski definition) is 2. The van der Waals surface area contributed by atoms with Crippen molar-refractivity contribution in [1.29, 1.82) is 0 Å². The predicted molar refractivity (Wildman–Crippen MR) is 86.6 cm³/mol. The van der Waals surface area contributed by atoms with Crippen LogP contribution in [-0.4, -0.2) is 44.8 Å². The standard InChI is InChI=1S/C14H19ClFN3O3S/c1-9(20)18-13-8-12(16)14(7-11(13)15)23(21,22)19-5-3-10(17-2)4-6-19/h7-8,10,17H,3-6H2,1-2H3,(H,18,20). The number of carbonyl (C=O) groups is 1. The fourth-order valence-corrected chi connectivity index (χ4v) is 4.35. The number of anilines is 1. The Morgan fingerprint density at radius 3 is 2.48 bits per heavy atom. The molecule has 0 aliphatic carbocycles. The van der Waals surface area contributed by atoms with Gasteiger partial charge in [0.15, 0.2) is 0 Å². The number of carbonyl (C=O) groups excluding carboxylic acids is 1. The maximum Gasteiger partial charge on any atom is 0.246 e. The van der Waals surface area contributed by atoms with Gasteiger partial charge < -0.3 is 10.6 Å². The Hall–Kier alpha value is -1.22. The molecule has 0 atom stereocenters. The van der Waals surface area contributed by atoms with Crippen LogP contribution >= 0.6 is 11.6 Å². The average molecular weight is 364 g/mol. The molecule has 2 N–H and O–H groups in total. The molecular formula is C14H19ClFN3O3S. The first kappa shape index (κ1) is 18.1. The summed E-state index contributed by atoms with van der Waals surface area (Å²) in [6, 6.07) is 2.23. The quantitative estimate of drug-likeness (QED) is 0.855. The third-order valence-corrected chi connectivity index (χ3v) is 6.04. The van der Waals surface area contributed by atoms with Gasteiger partial charge in [0.25, 0.3) is 0 Å². The van der Waals surface area contributed by atoms with Gasteiger partial charge in [-0.3, -0.25) is 4.79 Å². The summed E-state index contributed by atoms with van der Waals surface area (Å²) in [5.74, 6) is -1.36. The van der Waals surface area contributed by atoms with E-state index < -0.39 is 26.6 Å². The number of hydrogen-bond acceptors (Lipinski definition) is 4. The van der Waals surface area contributed by atoms with Gasteiger partial charge in [-0.15, -0.1) is 0 Å². The molecule has 6 nitrogen and oxygen atoms in total. The maximum absolute atomic E-state index is 14.2. The number of halogens is 2. The molecule has 2 rings (SSSR count). The van der Waals surface area contributed by atoms with E-state index in [1.54, 1.807) is 0 Å². The van der Waals surface area contributed by atoms with Crippen LogP contribution in [0, 0.1) is 5.82 Å². The van der Waals surface area contributed by atoms with Crippen molar-refractivity contribution in [1.82, 2.24) is 9.62 Å². The molecule has 23 heavy (non-hydrogen) atoms. The van der Waals surface area contributed by atoms with Gasteiger partial charge in [0, 0.05) is 32.1 Å². The molecule has 9 heteroatoms. The van der Waals surface area contributed by atoms with Gasteiger partial charge in [-0.2, -0.15) is 4.31 Å². The summed E-state index contributed by atoms with van der Waals surface area (Å²) in [7, 11) is -2.13. The molecular weight excluding hydrogens is 345 g/mol. The van der Waals surface area contributed by atoms with Crippen LogP contribution in [0.25, 0.3) is 0 Å². The Morgan fingerprint density at radius 1 is 1.35 bits per heavy atom. The Balaban J connectivity index is 2.30. The third-order valence-electron chi connectivity index (χ3n) is 3.81. The second-order valence-electron chi connectivity index (χ2n) is 5.41. The SMILES string of the molecule is CNC1CCN(S(=O)(=O)c2cc(Cl)c(NC(C)=O)cc2F)CC1. The lowest BCUT2D eigenvalue weighted by Crippen LogP contribution is -2.44. The zero-order chi connectivity index (χ0) is 17.2. The summed E-state index contributed by atoms with van der Waals surface area (Å²) in [5.41, 5.74) is 0.0458. The van der Waals surface area contributed by atoms with Crippen LogP contribution in [0.4, 0.5) is 10.1 Å². The maximum atomic E-state index is 14.2. The summed E-state index contributed by atoms with van der Waals surface area (Å²) < 4.78 is 40.7. The van der Waals surface area contributed by atoms with Gasteiger partial charge >= 0.3 is 0 Å². The van der Waals surface area contributed by atoms with Crippen molar-refractivity contribution < 1.29 is 17.6 Å². The highest BCUT2D eigenvalue weighted by Gasteiger charge is 2.31. The molecule has 0 radical (unpaired) electrons. The largest absolute Gasteiger partial charge is 0.325 e. The molecule has 1 fully saturated rings. The van der Waals surface area contributed by atoms with E-state index in [-0.39, 0.29) is 16.8 Å². The van der Waals surface area contributed by atoms with E-state index in [1.807, 2.05) is 7.05 Å². The van der Waals surface area contributed by atoms with Crippen molar-refractivity contribution in [3.63, 3.8) is 0 Å². The van der Waals surface area contributed by atoms with E-state index in [4.69, 9.17) is 11.6 Å². The van der Waals surface area contributed by atoms with E-state index in [0.29, 0.717) is 25.9 Å². The normalized spacial score (nSPS) is 17.2. The number of benzene rings is 1. The summed E-state index contributed by atoms with van der Waals surface area (Å²) in [6.45, 7) is 1.89. The monoisotopic (exact) mass is 363 g/mol. The summed E-state index contributed by atoms with van der Waals surface area (Å²) in [5, 5.41) is 5.44. The van der Waals surface area contributed by atoms with Crippen LogP contribution in [0.15, 0.2) is 17.0 Å². The number of amides is 1. The van der Waals surface area contributed by atoms with Gasteiger partial charge in [0.1, 0.15) is 10.7 Å². The van der Waals surface area contributed by atoms with E-state index in [0.717, 1.165) is 12.1 Å². The first-order valence-electron chi connectivity index (χ1n) is 7.19. The molecule has 1 aliphatic heterocycles. The van der Waals surface area contributed by atoms with Crippen LogP contribution in [0.2, 0.25) is 5.02 Å². The highest BCUT2D eigenvalue weighted by molar-refractivity contribution is 7.89. The molecule has 0 spiro atoms. The fraction of sp³-hybridized carbons (Fsp3) is 0.500. The summed E-state index contributed by atoms with van der Waals surface area (Å²) in [4.78, 5) is 10.6. The van der Waals surface area contributed by atoms with Crippen molar-refractivity contribution in [3.8, 4) is 0 Å². The van der Waals surface area contributed by atoms with Gasteiger partial charge in [0.05, 0.1) is 10.7 Å². The smallest absolute Gasteiger partial charge is 0.246 e. The van der Waals surface area contributed by atoms with Gasteiger partial charge in [-0.25, -0.2) is 12.8 Å². The van der Waals surface area contributed by atoms with Crippen molar-refractivity contribution in [3.05, 3.63) is 23.0 Å². The molecule has 1 aromatic carbocycles. The minimum atomic E-state index is -3.96. The Morgan fingerprint density at radius 2 is 1.96 bits per heavy atom. The van der Waals surface area contributed by atoms with Crippen molar-refractivity contribution in [2.24, 2.45) is 0 Å². The number of nitrogens with one attached hydrogen (secondary N) is 2. The Labute approximate surface area is 140 Å². The first-order valence-corrected chi connectivity index (χ1v) is 9.01. The lowest BCUT2D eigenvalue weighted by atomic mass is 10.1. The second-order valence-corrected chi connectivity index (χ2v) is 7.72. The molecule has 1 heterocycles. The predicted octanol–water partition coefficient (Wildman–Crippen LogP) is 1.81. The van der Waals surface area contributed by atoms with Crippen LogP contribution in [0.3, 0.4) is 0 Å². The Bertz CT molecular complexity index is 703. The van der Waals surface area contributed by atoms with Crippen LogP contribution in [-0.2, 0) is 14.8 Å². The summed E-state index contributed by atoms with van der Waals surface area (Å²) in [6.07, 6.45) is 1.32. The minimum Gasteiger partial charge on any atom is -0.325 e. The lowest BCUT2D eigenvalue weighted by molar-refractivity contribution is -0.114. The molecule has 1 aromatic rings. The molecule has 1 saturated heterocycles. The molecule has 0 saturated carbocycles. The minimum absolute atomic E-state index is 0.0229. The van der Waals surface area contributed by atoms with E-state index in [9.17, 15) is 17.6 Å². The molecule has 0 unspecified atom stereocenters. The second kappa shape index (κ2) is 7.12. The first-order chi connectivity index (χ1) is 10.8. The van der Waals surface area contributed by atoms with Crippen LogP contribution < -0.4 is 10.6 Å². The van der Waals surface area contributed by atoms with Gasteiger partial charge in [-0.05, 0) is 26.0 Å². The highest BCUT2D eigenvalue weighted by Crippen LogP contribution is 2.30. The van der Waals surface area contributed by atoms with Crippen molar-refractivity contribution in [2.75, 3.05) is 25.5 Å². The van der Waals surface area contributed by atoms with Crippen LogP contribution in [0.5, 0.6) is 0 Å². The number of rotatable bonds is 4. The molecule has 0 bridgehead atoms. The van der Waals surface area contributed by atoms with Crippen molar-refractivity contribution >= 4 is 33.2 Å². The van der Waals surface area contributed by atoms with E-state index in [2.05, 4.69) is 10.6 Å². The van der Waals surface area contributed by atoms with Crippen molar-refractivity contribution in [2.45, 2.75) is 30.7 Å². The fourth-order valence-electron chi connectivity index (χ4n) is 2.54. The Kier molecular flexibility index (Phi) is 5.61. The van der Waals surface area contributed by atoms with Gasteiger partial charge in [0.2, 0.25) is 15.9 Å². The number of nitrogens with zero attached hydrogens (tertiary/aromatic N) is 1. The highest BCUT2D eigenvalue weighted by atomic mass is 35.5. The average Bonchev–Trinajstić information content (AvgIpc) is 2.50. The lowest BCUT2D eigenvalue weighted by Gasteiger charge is -2.31. The molecule has 0 aromatic heterocycles. The van der Waals surface area contributed by atoms with Crippen LogP contribution in [0.1, 0.15) is 19.8 Å². The number of piperidine rings is 1. The molecule has 1 amide bonds. The van der Waals surface area contributed by atoms with E-state index in [1.165, 1.54) is 11.2 Å². The number of sulfonamides is 1.